The molecule has 0 saturated heterocycles. The second-order valence-corrected chi connectivity index (χ2v) is 6.04. The third-order valence-corrected chi connectivity index (χ3v) is 4.21. The Morgan fingerprint density at radius 1 is 1.55 bits per heavy atom. The van der Waals surface area contributed by atoms with Gasteiger partial charge >= 0.3 is 5.97 Å². The largest absolute Gasteiger partial charge is 0.593 e. The first-order chi connectivity index (χ1) is 9.60. The summed E-state index contributed by atoms with van der Waals surface area (Å²) >= 11 is -0.214. The predicted molar refractivity (Wildman–Crippen MR) is 75.6 cm³/mol. The molecular weight excluding hydrogens is 300 g/mol. The van der Waals surface area contributed by atoms with Crippen LogP contribution in [0.1, 0.15) is 0 Å². The molecule has 0 saturated carbocycles. The van der Waals surface area contributed by atoms with E-state index in [0.717, 1.165) is 17.3 Å². The molecule has 1 aromatic heterocycles. The Morgan fingerprint density at radius 2 is 2.35 bits per heavy atom. The topological polar surface area (TPSA) is 114 Å². The molecule has 20 heavy (non-hydrogen) atoms. The molecule has 0 amide bonds. The van der Waals surface area contributed by atoms with Crippen molar-refractivity contribution in [3.63, 3.8) is 0 Å². The van der Waals surface area contributed by atoms with Crippen LogP contribution in [0.5, 0.6) is 0 Å². The molecule has 1 heterocycles. The van der Waals surface area contributed by atoms with Crippen molar-refractivity contribution in [2.75, 3.05) is 12.8 Å². The van der Waals surface area contributed by atoms with Crippen LogP contribution in [0.15, 0.2) is 34.3 Å². The maximum Gasteiger partial charge on any atom is 0.313 e. The molecule has 1 unspecified atom stereocenters. The van der Waals surface area contributed by atoms with Crippen LogP contribution in [0.25, 0.3) is 11.4 Å². The Balaban J connectivity index is 2.17. The van der Waals surface area contributed by atoms with Crippen molar-refractivity contribution in [3.05, 3.63) is 24.3 Å². The maximum atomic E-state index is 11.7. The zero-order valence-corrected chi connectivity index (χ0v) is 12.1. The molecule has 2 rings (SSSR count). The molecule has 0 fully saturated rings. The summed E-state index contributed by atoms with van der Waals surface area (Å²) in [6.45, 7) is 0. The van der Waals surface area contributed by atoms with Crippen LogP contribution in [0, 0.1) is 0 Å². The molecule has 0 spiro atoms. The van der Waals surface area contributed by atoms with Crippen LogP contribution >= 0.6 is 11.8 Å². The van der Waals surface area contributed by atoms with Crippen molar-refractivity contribution in [1.82, 2.24) is 19.9 Å². The SMILES string of the molecule is CN[S+]([O-])c1cccc(-c2nnc(SCC(=O)O)[nH]2)c1. The van der Waals surface area contributed by atoms with E-state index >= 15 is 0 Å². The van der Waals surface area contributed by atoms with Crippen molar-refractivity contribution >= 4 is 29.1 Å². The number of rotatable bonds is 6. The van der Waals surface area contributed by atoms with Crippen LogP contribution in [-0.4, -0.2) is 43.6 Å². The Hall–Kier alpha value is -1.55. The van der Waals surface area contributed by atoms with Crippen LogP contribution in [-0.2, 0) is 16.2 Å². The number of carboxylic acids is 1. The predicted octanol–water partition coefficient (Wildman–Crippen LogP) is 0.890. The first-order valence-corrected chi connectivity index (χ1v) is 7.70. The zero-order valence-electron chi connectivity index (χ0n) is 10.5. The minimum absolute atomic E-state index is 0.0849. The lowest BCUT2D eigenvalue weighted by molar-refractivity contribution is -0.133. The lowest BCUT2D eigenvalue weighted by Gasteiger charge is -2.07. The summed E-state index contributed by atoms with van der Waals surface area (Å²) in [6.07, 6.45) is 0. The molecule has 3 N–H and O–H groups in total. The van der Waals surface area contributed by atoms with Crippen LogP contribution < -0.4 is 4.72 Å². The summed E-state index contributed by atoms with van der Waals surface area (Å²) in [5.74, 6) is -0.495. The Kier molecular flexibility index (Phi) is 5.01. The number of hydrogen-bond donors (Lipinski definition) is 3. The highest BCUT2D eigenvalue weighted by atomic mass is 32.2. The van der Waals surface area contributed by atoms with E-state index in [0.29, 0.717) is 15.9 Å². The first-order valence-electron chi connectivity index (χ1n) is 5.57. The van der Waals surface area contributed by atoms with E-state index in [-0.39, 0.29) is 5.75 Å². The van der Waals surface area contributed by atoms with Gasteiger partial charge in [-0.2, -0.15) is 0 Å². The summed E-state index contributed by atoms with van der Waals surface area (Å²) in [4.78, 5) is 14.0. The highest BCUT2D eigenvalue weighted by molar-refractivity contribution is 7.99. The van der Waals surface area contributed by atoms with Gasteiger partial charge in [0.1, 0.15) is 0 Å². The van der Waals surface area contributed by atoms with E-state index in [1.165, 1.54) is 0 Å². The van der Waals surface area contributed by atoms with Crippen molar-refractivity contribution in [2.24, 2.45) is 0 Å². The van der Waals surface area contributed by atoms with Gasteiger partial charge in [-0.25, -0.2) is 0 Å². The van der Waals surface area contributed by atoms with Crippen LogP contribution in [0.3, 0.4) is 0 Å². The third kappa shape index (κ3) is 3.73. The molecular formula is C11H12N4O3S2. The highest BCUT2D eigenvalue weighted by Gasteiger charge is 2.12. The molecule has 0 aliphatic heterocycles. The summed E-state index contributed by atoms with van der Waals surface area (Å²) < 4.78 is 14.3. The van der Waals surface area contributed by atoms with Crippen LogP contribution in [0.2, 0.25) is 0 Å². The number of aromatic nitrogens is 3. The summed E-state index contributed by atoms with van der Waals surface area (Å²) in [6, 6.07) is 7.06. The fraction of sp³-hybridized carbons (Fsp3) is 0.182. The molecule has 7 nitrogen and oxygen atoms in total. The van der Waals surface area contributed by atoms with Gasteiger partial charge in [0.2, 0.25) is 0 Å². The summed E-state index contributed by atoms with van der Waals surface area (Å²) in [5, 5.41) is 16.8. The number of thioether (sulfide) groups is 1. The standard InChI is InChI=1S/C11H12N4O3S2/c1-12-20(18)8-4-2-3-7(5-8)10-13-11(15-14-10)19-6-9(16)17/h2-5,12H,6H2,1H3,(H,16,17)(H,13,14,15). The Labute approximate surface area is 122 Å². The minimum atomic E-state index is -1.27. The second kappa shape index (κ2) is 6.75. The van der Waals surface area contributed by atoms with Gasteiger partial charge in [0.05, 0.1) is 17.1 Å². The summed E-state index contributed by atoms with van der Waals surface area (Å²) in [7, 11) is 1.61. The average Bonchev–Trinajstić information content (AvgIpc) is 2.93. The van der Waals surface area contributed by atoms with Crippen molar-refractivity contribution in [1.29, 1.82) is 0 Å². The fourth-order valence-electron chi connectivity index (χ4n) is 1.45. The third-order valence-electron chi connectivity index (χ3n) is 2.31. The normalized spacial score (nSPS) is 12.3. The lowest BCUT2D eigenvalue weighted by atomic mass is 10.2. The second-order valence-electron chi connectivity index (χ2n) is 3.66. The maximum absolute atomic E-state index is 11.7. The molecule has 106 valence electrons. The molecule has 1 aromatic carbocycles. The van der Waals surface area contributed by atoms with E-state index in [9.17, 15) is 9.35 Å². The van der Waals surface area contributed by atoms with Gasteiger partial charge in [0.25, 0.3) is 0 Å². The van der Waals surface area contributed by atoms with Gasteiger partial charge in [-0.1, -0.05) is 23.9 Å². The number of aromatic amines is 1. The quantitative estimate of drug-likeness (QED) is 0.536. The number of benzene rings is 1. The Bertz CT molecular complexity index is 605. The van der Waals surface area contributed by atoms with E-state index in [1.807, 2.05) is 6.07 Å². The van der Waals surface area contributed by atoms with Gasteiger partial charge in [0.15, 0.2) is 15.9 Å². The number of H-pyrrole nitrogens is 1. The van der Waals surface area contributed by atoms with Gasteiger partial charge < -0.3 is 14.6 Å². The molecule has 9 heteroatoms. The number of aliphatic carboxylic acids is 1. The average molecular weight is 312 g/mol. The van der Waals surface area contributed by atoms with Crippen molar-refractivity contribution in [3.8, 4) is 11.4 Å². The zero-order chi connectivity index (χ0) is 14.5. The monoisotopic (exact) mass is 312 g/mol. The summed E-state index contributed by atoms with van der Waals surface area (Å²) in [5.41, 5.74) is 0.737. The molecule has 0 aliphatic carbocycles. The molecule has 2 aromatic rings. The molecule has 0 bridgehead atoms. The van der Waals surface area contributed by atoms with Crippen molar-refractivity contribution < 1.29 is 14.5 Å². The fourth-order valence-corrected chi connectivity index (χ4v) is 2.65. The number of carboxylic acid groups (broad SMARTS) is 1. The lowest BCUT2D eigenvalue weighted by Crippen LogP contribution is -2.18. The van der Waals surface area contributed by atoms with Gasteiger partial charge in [-0.15, -0.1) is 14.9 Å². The van der Waals surface area contributed by atoms with E-state index in [4.69, 9.17) is 5.11 Å². The highest BCUT2D eigenvalue weighted by Crippen LogP contribution is 2.21. The number of nitrogens with zero attached hydrogens (tertiary/aromatic N) is 2. The van der Waals surface area contributed by atoms with E-state index in [2.05, 4.69) is 19.9 Å². The van der Waals surface area contributed by atoms with E-state index < -0.39 is 17.3 Å². The Morgan fingerprint density at radius 3 is 3.05 bits per heavy atom. The van der Waals surface area contributed by atoms with Gasteiger partial charge in [-0.05, 0) is 6.07 Å². The van der Waals surface area contributed by atoms with Gasteiger partial charge in [-0.3, -0.25) is 4.79 Å². The number of carbonyl (C=O) groups is 1. The number of hydrogen-bond acceptors (Lipinski definition) is 6. The van der Waals surface area contributed by atoms with Gasteiger partial charge in [0, 0.05) is 18.7 Å². The minimum Gasteiger partial charge on any atom is -0.593 e. The molecule has 0 aliphatic rings. The smallest absolute Gasteiger partial charge is 0.313 e. The molecule has 0 radical (unpaired) electrons. The number of nitrogens with one attached hydrogen (secondary N) is 2. The van der Waals surface area contributed by atoms with E-state index in [1.54, 1.807) is 25.2 Å². The van der Waals surface area contributed by atoms with Crippen LogP contribution in [0.4, 0.5) is 0 Å². The van der Waals surface area contributed by atoms with Crippen molar-refractivity contribution in [2.45, 2.75) is 10.1 Å². The first kappa shape index (κ1) is 14.9. The molecule has 1 atom stereocenters.